The van der Waals surface area contributed by atoms with Gasteiger partial charge in [-0.25, -0.2) is 24.9 Å². The van der Waals surface area contributed by atoms with Crippen LogP contribution in [0.5, 0.6) is 0 Å². The smallest absolute Gasteiger partial charge is 0.308 e. The molecule has 0 radical (unpaired) electrons. The molecule has 12 rings (SSSR count). The second-order valence-corrected chi connectivity index (χ2v) is 18.8. The Balaban J connectivity index is 1.16. The Morgan fingerprint density at radius 2 is 0.805 bits per heavy atom. The number of alkyl halides is 6. The zero-order chi connectivity index (χ0) is 53.0. The molecule has 374 valence electrons. The number of nitrogens with zero attached hydrogens (tertiary/aromatic N) is 6. The summed E-state index contributed by atoms with van der Waals surface area (Å²) in [5.41, 5.74) is 8.64. The molecule has 3 heterocycles. The zero-order valence-corrected chi connectivity index (χ0v) is 41.2. The van der Waals surface area contributed by atoms with Crippen molar-refractivity contribution in [3.63, 3.8) is 0 Å². The van der Waals surface area contributed by atoms with Crippen LogP contribution in [0.4, 0.5) is 26.3 Å². The van der Waals surface area contributed by atoms with E-state index in [1.807, 2.05) is 174 Å². The van der Waals surface area contributed by atoms with Crippen LogP contribution in [-0.2, 0) is 12.4 Å². The van der Waals surface area contributed by atoms with Gasteiger partial charge in [0.1, 0.15) is 0 Å². The fourth-order valence-electron chi connectivity index (χ4n) is 9.99. The van der Waals surface area contributed by atoms with Gasteiger partial charge < -0.3 is 4.57 Å². The Labute approximate surface area is 438 Å². The molecule has 0 fully saturated rings. The summed E-state index contributed by atoms with van der Waals surface area (Å²) in [5.74, 6) is 1.69. The van der Waals surface area contributed by atoms with Gasteiger partial charge in [-0.2, -0.15) is 26.3 Å². The fourth-order valence-corrected chi connectivity index (χ4v) is 9.99. The molecule has 77 heavy (non-hydrogen) atoms. The molecule has 0 aliphatic heterocycles. The number of aryl methyl sites for hydroxylation is 2. The average molecular weight is 1020 g/mol. The first kappa shape index (κ1) is 48.4. The van der Waals surface area contributed by atoms with Crippen LogP contribution in [0.3, 0.4) is 0 Å². The molecule has 0 unspecified atom stereocenters. The Morgan fingerprint density at radius 3 is 1.32 bits per heavy atom. The second-order valence-electron chi connectivity index (χ2n) is 18.8. The van der Waals surface area contributed by atoms with E-state index in [1.54, 1.807) is 32.0 Å². The van der Waals surface area contributed by atoms with Crippen molar-refractivity contribution in [1.82, 2.24) is 29.5 Å². The summed E-state index contributed by atoms with van der Waals surface area (Å²) in [4.78, 5) is 25.7. The molecule has 0 N–H and O–H groups in total. The van der Waals surface area contributed by atoms with E-state index in [0.717, 1.165) is 40.5 Å². The normalized spacial score (nSPS) is 11.9. The van der Waals surface area contributed by atoms with Gasteiger partial charge >= 0.3 is 12.4 Å². The molecule has 0 aliphatic carbocycles. The van der Waals surface area contributed by atoms with E-state index >= 15 is 0 Å². The summed E-state index contributed by atoms with van der Waals surface area (Å²) in [6, 6.07) is 65.5. The van der Waals surface area contributed by atoms with Gasteiger partial charge in [-0.3, -0.25) is 0 Å². The standard InChI is InChI=1S/C65H42F6N6/c1-39-23-28-50(54(33-39)65(69,70)71)46-25-31-58-52(36-46)51-35-45(49-29-27-48(34-40(49)2)64(66,67)68)24-30-57(51)77(58)59-32-26-47(56-38-55(41-15-7-3-8-16-41)72-60(73-56)42-17-9-4-10-18-42)37-53(59)63-75-61(43-19-11-5-12-20-43)74-62(76-63)44-21-13-6-14-22-44/h3-38H,1-2H3. The van der Waals surface area contributed by atoms with Crippen LogP contribution >= 0.6 is 0 Å². The molecular formula is C65H42F6N6. The minimum atomic E-state index is -4.65. The van der Waals surface area contributed by atoms with Gasteiger partial charge in [-0.15, -0.1) is 0 Å². The lowest BCUT2D eigenvalue weighted by Crippen LogP contribution is -2.07. The Kier molecular flexibility index (Phi) is 12.1. The van der Waals surface area contributed by atoms with Crippen molar-refractivity contribution in [3.8, 4) is 96.0 Å². The van der Waals surface area contributed by atoms with Crippen LogP contribution in [0.2, 0.25) is 0 Å². The molecule has 6 nitrogen and oxygen atoms in total. The van der Waals surface area contributed by atoms with Crippen molar-refractivity contribution < 1.29 is 26.3 Å². The van der Waals surface area contributed by atoms with Crippen LogP contribution in [-0.4, -0.2) is 29.5 Å². The molecule has 3 aromatic heterocycles. The molecule has 0 atom stereocenters. The third kappa shape index (κ3) is 9.39. The molecule has 0 bridgehead atoms. The summed E-state index contributed by atoms with van der Waals surface area (Å²) < 4.78 is 88.3. The number of fused-ring (bicyclic) bond motifs is 3. The molecular weight excluding hydrogens is 979 g/mol. The summed E-state index contributed by atoms with van der Waals surface area (Å²) in [6.45, 7) is 3.25. The quantitative estimate of drug-likeness (QED) is 0.135. The summed E-state index contributed by atoms with van der Waals surface area (Å²) >= 11 is 0. The van der Waals surface area contributed by atoms with Crippen LogP contribution in [0.1, 0.15) is 22.3 Å². The number of aromatic nitrogens is 6. The zero-order valence-electron chi connectivity index (χ0n) is 41.2. The highest BCUT2D eigenvalue weighted by Crippen LogP contribution is 2.44. The molecule has 0 saturated carbocycles. The fraction of sp³-hybridized carbons (Fsp3) is 0.0615. The second kappa shape index (κ2) is 19.3. The van der Waals surface area contributed by atoms with Crippen LogP contribution in [0, 0.1) is 13.8 Å². The van der Waals surface area contributed by atoms with Crippen molar-refractivity contribution in [3.05, 3.63) is 241 Å². The highest BCUT2D eigenvalue weighted by atomic mass is 19.4. The van der Waals surface area contributed by atoms with E-state index in [-0.39, 0.29) is 5.56 Å². The van der Waals surface area contributed by atoms with Crippen molar-refractivity contribution in [2.45, 2.75) is 26.2 Å². The average Bonchev–Trinajstić information content (AvgIpc) is 3.84. The van der Waals surface area contributed by atoms with Crippen LogP contribution in [0.15, 0.2) is 218 Å². The SMILES string of the molecule is Cc1ccc(-c2ccc3c(c2)c2cc(-c4ccc(C(F)(F)F)cc4C)ccc2n3-c2ccc(-c3cc(-c4ccccc4)nc(-c4ccccc4)n3)cc2-c2nc(-c3ccccc3)nc(-c3ccccc3)n2)c(C(F)(F)F)c1. The van der Waals surface area contributed by atoms with Crippen molar-refractivity contribution in [2.24, 2.45) is 0 Å². The topological polar surface area (TPSA) is 69.4 Å². The van der Waals surface area contributed by atoms with E-state index in [9.17, 15) is 26.3 Å². The maximum atomic E-state index is 14.8. The molecule has 0 aliphatic rings. The van der Waals surface area contributed by atoms with Gasteiger partial charge in [0.25, 0.3) is 0 Å². The lowest BCUT2D eigenvalue weighted by Gasteiger charge is -2.17. The molecule has 12 heteroatoms. The Morgan fingerprint density at radius 1 is 0.338 bits per heavy atom. The molecule has 0 spiro atoms. The predicted octanol–water partition coefficient (Wildman–Crippen LogP) is 17.7. The van der Waals surface area contributed by atoms with Crippen molar-refractivity contribution in [1.29, 1.82) is 0 Å². The highest BCUT2D eigenvalue weighted by Gasteiger charge is 2.34. The number of rotatable bonds is 9. The number of hydrogen-bond donors (Lipinski definition) is 0. The van der Waals surface area contributed by atoms with E-state index in [2.05, 4.69) is 0 Å². The van der Waals surface area contributed by atoms with E-state index in [0.29, 0.717) is 101 Å². The van der Waals surface area contributed by atoms with Gasteiger partial charge in [-0.05, 0) is 102 Å². The van der Waals surface area contributed by atoms with Crippen LogP contribution in [0.25, 0.3) is 118 Å². The first-order chi connectivity index (χ1) is 37.2. The van der Waals surface area contributed by atoms with E-state index in [1.165, 1.54) is 12.1 Å². The lowest BCUT2D eigenvalue weighted by atomic mass is 9.95. The Bertz CT molecular complexity index is 4080. The number of hydrogen-bond acceptors (Lipinski definition) is 5. The third-order valence-electron chi connectivity index (χ3n) is 13.7. The van der Waals surface area contributed by atoms with Gasteiger partial charge in [0, 0.05) is 44.2 Å². The van der Waals surface area contributed by atoms with Crippen molar-refractivity contribution in [2.75, 3.05) is 0 Å². The number of benzene rings is 9. The summed E-state index contributed by atoms with van der Waals surface area (Å²) in [5, 5.41) is 1.25. The maximum absolute atomic E-state index is 14.8. The maximum Gasteiger partial charge on any atom is 0.417 e. The monoisotopic (exact) mass is 1020 g/mol. The van der Waals surface area contributed by atoms with Gasteiger partial charge in [0.15, 0.2) is 23.3 Å². The predicted molar refractivity (Wildman–Crippen MR) is 293 cm³/mol. The first-order valence-electron chi connectivity index (χ1n) is 24.7. The highest BCUT2D eigenvalue weighted by molar-refractivity contribution is 6.12. The molecule has 9 aromatic carbocycles. The Hall–Kier alpha value is -9.55. The van der Waals surface area contributed by atoms with E-state index in [4.69, 9.17) is 24.9 Å². The third-order valence-corrected chi connectivity index (χ3v) is 13.7. The largest absolute Gasteiger partial charge is 0.417 e. The minimum Gasteiger partial charge on any atom is -0.308 e. The van der Waals surface area contributed by atoms with E-state index < -0.39 is 23.5 Å². The number of halogens is 6. The summed E-state index contributed by atoms with van der Waals surface area (Å²) in [6.07, 6.45) is -9.19. The van der Waals surface area contributed by atoms with Crippen LogP contribution < -0.4 is 0 Å². The molecule has 12 aromatic rings. The van der Waals surface area contributed by atoms with Gasteiger partial charge in [0.05, 0.1) is 39.2 Å². The summed E-state index contributed by atoms with van der Waals surface area (Å²) in [7, 11) is 0. The lowest BCUT2D eigenvalue weighted by molar-refractivity contribution is -0.138. The molecule has 0 saturated heterocycles. The minimum absolute atomic E-state index is 0.00680. The molecule has 0 amide bonds. The van der Waals surface area contributed by atoms with Crippen molar-refractivity contribution >= 4 is 21.8 Å². The van der Waals surface area contributed by atoms with Gasteiger partial charge in [-0.1, -0.05) is 163 Å². The van der Waals surface area contributed by atoms with Gasteiger partial charge in [0.2, 0.25) is 0 Å². The first-order valence-corrected chi connectivity index (χ1v) is 24.7.